The quantitative estimate of drug-likeness (QED) is 0.600. The second kappa shape index (κ2) is 7.82. The number of nitrogens with zero attached hydrogens (tertiary/aromatic N) is 2. The normalized spacial score (nSPS) is 10.9. The fourth-order valence-corrected chi connectivity index (χ4v) is 3.40. The van der Waals surface area contributed by atoms with E-state index in [-0.39, 0.29) is 10.5 Å². The summed E-state index contributed by atoms with van der Waals surface area (Å²) in [5, 5.41) is 18.2. The van der Waals surface area contributed by atoms with E-state index in [1.54, 1.807) is 0 Å². The fourth-order valence-electron chi connectivity index (χ4n) is 2.38. The molecule has 0 aliphatic heterocycles. The Balaban J connectivity index is 1.67. The minimum atomic E-state index is -3.91. The molecule has 3 aromatic rings. The first-order valence-electron chi connectivity index (χ1n) is 7.88. The molecule has 0 bridgehead atoms. The molecule has 1 amide bonds. The highest BCUT2D eigenvalue weighted by Crippen LogP contribution is 2.24. The molecule has 0 saturated carbocycles. The second-order valence-electron chi connectivity index (χ2n) is 5.54. The van der Waals surface area contributed by atoms with Gasteiger partial charge in [-0.25, -0.2) is 13.1 Å². The minimum absolute atomic E-state index is 0.0809. The summed E-state index contributed by atoms with van der Waals surface area (Å²) in [6.45, 7) is -0.460. The number of carbonyl (C=O) groups is 1. The van der Waals surface area contributed by atoms with Crippen LogP contribution >= 0.6 is 0 Å². The molecule has 3 N–H and O–H groups in total. The van der Waals surface area contributed by atoms with Crippen molar-refractivity contribution in [3.63, 3.8) is 0 Å². The summed E-state index contributed by atoms with van der Waals surface area (Å²) < 4.78 is 26.8. The van der Waals surface area contributed by atoms with Crippen LogP contribution in [0.1, 0.15) is 5.56 Å². The maximum Gasteiger partial charge on any atom is 0.241 e. The van der Waals surface area contributed by atoms with Gasteiger partial charge in [0.1, 0.15) is 0 Å². The van der Waals surface area contributed by atoms with Gasteiger partial charge in [0.05, 0.1) is 40.7 Å². The van der Waals surface area contributed by atoms with Crippen LogP contribution in [0.25, 0.3) is 11.3 Å². The van der Waals surface area contributed by atoms with Gasteiger partial charge in [-0.3, -0.25) is 9.89 Å². The Hall–Kier alpha value is -3.48. The molecule has 0 fully saturated rings. The summed E-state index contributed by atoms with van der Waals surface area (Å²) in [4.78, 5) is 12.1. The molecule has 0 atom stereocenters. The van der Waals surface area contributed by atoms with Crippen molar-refractivity contribution < 1.29 is 13.2 Å². The van der Waals surface area contributed by atoms with Gasteiger partial charge in [-0.15, -0.1) is 0 Å². The number of benzene rings is 2. The Morgan fingerprint density at radius 3 is 2.67 bits per heavy atom. The molecular formula is C18H15N5O3S. The molecule has 27 heavy (non-hydrogen) atoms. The SMILES string of the molecule is N#Cc1cccc(S(=O)(=O)NCC(=O)Nc2cn[nH]c2-c2ccccc2)c1. The third-order valence-electron chi connectivity index (χ3n) is 3.67. The predicted molar refractivity (Wildman–Crippen MR) is 99.0 cm³/mol. The van der Waals surface area contributed by atoms with E-state index in [2.05, 4.69) is 20.2 Å². The second-order valence-corrected chi connectivity index (χ2v) is 7.30. The van der Waals surface area contributed by atoms with E-state index < -0.39 is 22.5 Å². The van der Waals surface area contributed by atoms with Crippen LogP contribution in [0.15, 0.2) is 65.7 Å². The topological polar surface area (TPSA) is 128 Å². The van der Waals surface area contributed by atoms with Crippen LogP contribution in [-0.4, -0.2) is 31.1 Å². The van der Waals surface area contributed by atoms with Gasteiger partial charge in [-0.2, -0.15) is 10.4 Å². The highest BCUT2D eigenvalue weighted by Gasteiger charge is 2.17. The number of nitrogens with one attached hydrogen (secondary N) is 3. The van der Waals surface area contributed by atoms with Crippen LogP contribution in [-0.2, 0) is 14.8 Å². The summed E-state index contributed by atoms with van der Waals surface area (Å²) in [5.74, 6) is -0.548. The van der Waals surface area contributed by atoms with Crippen molar-refractivity contribution in [3.05, 3.63) is 66.4 Å². The average Bonchev–Trinajstić information content (AvgIpc) is 3.15. The number of hydrogen-bond donors (Lipinski definition) is 3. The number of hydrogen-bond acceptors (Lipinski definition) is 5. The van der Waals surface area contributed by atoms with E-state index in [4.69, 9.17) is 5.26 Å². The van der Waals surface area contributed by atoms with Crippen molar-refractivity contribution in [2.45, 2.75) is 4.90 Å². The van der Waals surface area contributed by atoms with E-state index in [9.17, 15) is 13.2 Å². The number of aromatic amines is 1. The lowest BCUT2D eigenvalue weighted by Gasteiger charge is -2.08. The highest BCUT2D eigenvalue weighted by molar-refractivity contribution is 7.89. The molecule has 0 saturated heterocycles. The summed E-state index contributed by atoms with van der Waals surface area (Å²) in [6.07, 6.45) is 1.45. The van der Waals surface area contributed by atoms with Gasteiger partial charge in [0.15, 0.2) is 0 Å². The Morgan fingerprint density at radius 2 is 1.93 bits per heavy atom. The Kier molecular flexibility index (Phi) is 5.30. The van der Waals surface area contributed by atoms with Gasteiger partial charge in [-0.1, -0.05) is 36.4 Å². The summed E-state index contributed by atoms with van der Waals surface area (Å²) in [6, 6.07) is 16.7. The van der Waals surface area contributed by atoms with E-state index >= 15 is 0 Å². The van der Waals surface area contributed by atoms with Gasteiger partial charge >= 0.3 is 0 Å². The molecule has 0 aliphatic carbocycles. The Labute approximate surface area is 155 Å². The molecule has 8 nitrogen and oxygen atoms in total. The zero-order valence-corrected chi connectivity index (χ0v) is 14.8. The van der Waals surface area contributed by atoms with Crippen LogP contribution in [0.2, 0.25) is 0 Å². The van der Waals surface area contributed by atoms with Crippen molar-refractivity contribution in [1.29, 1.82) is 5.26 Å². The molecule has 0 unspecified atom stereocenters. The summed E-state index contributed by atoms with van der Waals surface area (Å²) in [5.41, 5.74) is 2.11. The lowest BCUT2D eigenvalue weighted by Crippen LogP contribution is -2.33. The van der Waals surface area contributed by atoms with Gasteiger partial charge in [0.2, 0.25) is 15.9 Å². The molecule has 1 heterocycles. The number of H-pyrrole nitrogens is 1. The highest BCUT2D eigenvalue weighted by atomic mass is 32.2. The van der Waals surface area contributed by atoms with E-state index in [0.29, 0.717) is 11.4 Å². The van der Waals surface area contributed by atoms with Crippen molar-refractivity contribution in [1.82, 2.24) is 14.9 Å². The van der Waals surface area contributed by atoms with Crippen molar-refractivity contribution >= 4 is 21.6 Å². The van der Waals surface area contributed by atoms with Gasteiger partial charge < -0.3 is 5.32 Å². The third-order valence-corrected chi connectivity index (χ3v) is 5.07. The largest absolute Gasteiger partial charge is 0.322 e. The standard InChI is InChI=1S/C18H15N5O3S/c19-10-13-5-4-8-15(9-13)27(25,26)21-12-17(24)22-16-11-20-23-18(16)14-6-2-1-3-7-14/h1-9,11,21H,12H2,(H,20,23)(H,22,24). The van der Waals surface area contributed by atoms with Gasteiger partial charge in [0.25, 0.3) is 0 Å². The van der Waals surface area contributed by atoms with E-state index in [0.717, 1.165) is 5.56 Å². The number of carbonyl (C=O) groups excluding carboxylic acids is 1. The number of aromatic nitrogens is 2. The number of amides is 1. The molecule has 136 valence electrons. The Bertz CT molecular complexity index is 1100. The Morgan fingerprint density at radius 1 is 1.15 bits per heavy atom. The van der Waals surface area contributed by atoms with Crippen LogP contribution in [0, 0.1) is 11.3 Å². The lowest BCUT2D eigenvalue weighted by atomic mass is 10.1. The minimum Gasteiger partial charge on any atom is -0.322 e. The molecule has 0 spiro atoms. The van der Waals surface area contributed by atoms with Crippen molar-refractivity contribution in [3.8, 4) is 17.3 Å². The number of sulfonamides is 1. The fraction of sp³-hybridized carbons (Fsp3) is 0.0556. The number of nitriles is 1. The first-order valence-corrected chi connectivity index (χ1v) is 9.36. The monoisotopic (exact) mass is 381 g/mol. The maximum atomic E-state index is 12.3. The molecule has 2 aromatic carbocycles. The lowest BCUT2D eigenvalue weighted by molar-refractivity contribution is -0.115. The number of anilines is 1. The molecule has 9 heteroatoms. The zero-order chi connectivity index (χ0) is 19.3. The number of rotatable bonds is 6. The van der Waals surface area contributed by atoms with Crippen molar-refractivity contribution in [2.24, 2.45) is 0 Å². The third kappa shape index (κ3) is 4.38. The summed E-state index contributed by atoms with van der Waals surface area (Å²) >= 11 is 0. The van der Waals surface area contributed by atoms with E-state index in [1.807, 2.05) is 36.4 Å². The van der Waals surface area contributed by atoms with Crippen LogP contribution in [0.5, 0.6) is 0 Å². The zero-order valence-electron chi connectivity index (χ0n) is 14.0. The molecular weight excluding hydrogens is 366 g/mol. The van der Waals surface area contributed by atoms with Crippen molar-refractivity contribution in [2.75, 3.05) is 11.9 Å². The molecule has 0 radical (unpaired) electrons. The van der Waals surface area contributed by atoms with Crippen LogP contribution in [0.3, 0.4) is 0 Å². The first-order chi connectivity index (χ1) is 13.0. The first kappa shape index (κ1) is 18.3. The van der Waals surface area contributed by atoms with Crippen LogP contribution < -0.4 is 10.0 Å². The average molecular weight is 381 g/mol. The predicted octanol–water partition coefficient (Wildman–Crippen LogP) is 1.87. The molecule has 1 aromatic heterocycles. The van der Waals surface area contributed by atoms with E-state index in [1.165, 1.54) is 30.5 Å². The summed E-state index contributed by atoms with van der Waals surface area (Å²) in [7, 11) is -3.91. The molecule has 3 rings (SSSR count). The maximum absolute atomic E-state index is 12.3. The smallest absolute Gasteiger partial charge is 0.241 e. The van der Waals surface area contributed by atoms with Gasteiger partial charge in [0, 0.05) is 5.56 Å². The molecule has 0 aliphatic rings. The van der Waals surface area contributed by atoms with Crippen LogP contribution in [0.4, 0.5) is 5.69 Å². The van der Waals surface area contributed by atoms with Gasteiger partial charge in [-0.05, 0) is 18.2 Å².